The van der Waals surface area contributed by atoms with Crippen LogP contribution in [0.3, 0.4) is 0 Å². The van der Waals surface area contributed by atoms with Gasteiger partial charge in [0.15, 0.2) is 0 Å². The average Bonchev–Trinajstić information content (AvgIpc) is 2.83. The average molecular weight is 245 g/mol. The van der Waals surface area contributed by atoms with Gasteiger partial charge in [-0.3, -0.25) is 0 Å². The molecule has 1 N–H and O–H groups in total. The van der Waals surface area contributed by atoms with Crippen LogP contribution in [0.15, 0.2) is 30.3 Å². The topological polar surface area (TPSA) is 12.0 Å². The molecule has 1 aliphatic rings. The predicted octanol–water partition coefficient (Wildman–Crippen LogP) is 4.70. The summed E-state index contributed by atoms with van der Waals surface area (Å²) >= 11 is 0. The highest BCUT2D eigenvalue weighted by Gasteiger charge is 2.29. The minimum absolute atomic E-state index is 0.536. The lowest BCUT2D eigenvalue weighted by Crippen LogP contribution is -2.32. The fraction of sp³-hybridized carbons (Fsp3) is 0.647. The Balaban J connectivity index is 1.94. The lowest BCUT2D eigenvalue weighted by Gasteiger charge is -2.28. The van der Waals surface area contributed by atoms with Gasteiger partial charge in [0.25, 0.3) is 0 Å². The summed E-state index contributed by atoms with van der Waals surface area (Å²) in [5.41, 5.74) is 1.99. The maximum atomic E-state index is 3.82. The van der Waals surface area contributed by atoms with E-state index in [-0.39, 0.29) is 0 Å². The van der Waals surface area contributed by atoms with Crippen molar-refractivity contribution in [3.05, 3.63) is 35.9 Å². The highest BCUT2D eigenvalue weighted by Crippen LogP contribution is 2.37. The second kappa shape index (κ2) is 6.38. The van der Waals surface area contributed by atoms with Crippen molar-refractivity contribution in [2.24, 2.45) is 5.41 Å². The number of nitrogens with one attached hydrogen (secondary N) is 1. The van der Waals surface area contributed by atoms with E-state index in [0.717, 1.165) is 0 Å². The van der Waals surface area contributed by atoms with Crippen LogP contribution in [-0.2, 0) is 0 Å². The first-order valence-electron chi connectivity index (χ1n) is 7.52. The first-order chi connectivity index (χ1) is 8.73. The van der Waals surface area contributed by atoms with E-state index < -0.39 is 0 Å². The zero-order chi connectivity index (χ0) is 12.8. The van der Waals surface area contributed by atoms with Crippen LogP contribution in [0, 0.1) is 5.41 Å². The fourth-order valence-electron chi connectivity index (χ4n) is 3.14. The molecule has 1 aliphatic carbocycles. The monoisotopic (exact) mass is 245 g/mol. The van der Waals surface area contributed by atoms with Gasteiger partial charge in [0.05, 0.1) is 0 Å². The lowest BCUT2D eigenvalue weighted by molar-refractivity contribution is 0.293. The molecule has 0 heterocycles. The zero-order valence-electron chi connectivity index (χ0n) is 11.9. The summed E-state index contributed by atoms with van der Waals surface area (Å²) in [6.45, 7) is 5.89. The van der Waals surface area contributed by atoms with E-state index in [4.69, 9.17) is 0 Å². The quantitative estimate of drug-likeness (QED) is 0.766. The minimum atomic E-state index is 0.536. The van der Waals surface area contributed by atoms with E-state index in [2.05, 4.69) is 49.5 Å². The largest absolute Gasteiger partial charge is 0.309 e. The maximum absolute atomic E-state index is 3.82. The van der Waals surface area contributed by atoms with Gasteiger partial charge < -0.3 is 5.32 Å². The molecule has 0 aliphatic heterocycles. The first-order valence-corrected chi connectivity index (χ1v) is 7.52. The normalized spacial score (nSPS) is 19.9. The molecular formula is C17H27N. The molecule has 0 bridgehead atoms. The molecule has 1 aromatic carbocycles. The van der Waals surface area contributed by atoms with Crippen LogP contribution in [0.5, 0.6) is 0 Å². The number of rotatable bonds is 6. The van der Waals surface area contributed by atoms with Gasteiger partial charge in [0.1, 0.15) is 0 Å². The molecule has 100 valence electrons. The molecule has 2 rings (SSSR count). The van der Waals surface area contributed by atoms with Gasteiger partial charge in [-0.2, -0.15) is 0 Å². The lowest BCUT2D eigenvalue weighted by atomic mass is 9.88. The van der Waals surface area contributed by atoms with Crippen LogP contribution in [0.2, 0.25) is 0 Å². The SMILES string of the molecule is CCCC(NCC1(C)CCCC1)c1ccccc1. The Bertz CT molecular complexity index is 338. The zero-order valence-corrected chi connectivity index (χ0v) is 11.9. The van der Waals surface area contributed by atoms with Crippen molar-refractivity contribution >= 4 is 0 Å². The van der Waals surface area contributed by atoms with Crippen molar-refractivity contribution in [2.75, 3.05) is 6.54 Å². The number of benzene rings is 1. The Morgan fingerprint density at radius 1 is 1.17 bits per heavy atom. The van der Waals surface area contributed by atoms with E-state index in [9.17, 15) is 0 Å². The van der Waals surface area contributed by atoms with E-state index in [1.54, 1.807) is 0 Å². The van der Waals surface area contributed by atoms with Crippen molar-refractivity contribution in [3.8, 4) is 0 Å². The molecule has 0 amide bonds. The van der Waals surface area contributed by atoms with E-state index in [1.807, 2.05) is 0 Å². The third kappa shape index (κ3) is 3.58. The van der Waals surface area contributed by atoms with Crippen LogP contribution in [0.4, 0.5) is 0 Å². The molecule has 1 atom stereocenters. The van der Waals surface area contributed by atoms with Gasteiger partial charge in [0.2, 0.25) is 0 Å². The third-order valence-corrected chi connectivity index (χ3v) is 4.37. The van der Waals surface area contributed by atoms with Crippen molar-refractivity contribution in [1.29, 1.82) is 0 Å². The second-order valence-electron chi connectivity index (χ2n) is 6.15. The van der Waals surface area contributed by atoms with Crippen molar-refractivity contribution < 1.29 is 0 Å². The molecule has 0 spiro atoms. The Hall–Kier alpha value is -0.820. The first kappa shape index (κ1) is 13.6. The molecule has 0 radical (unpaired) electrons. The minimum Gasteiger partial charge on any atom is -0.309 e. The van der Waals surface area contributed by atoms with E-state index in [1.165, 1.54) is 50.6 Å². The van der Waals surface area contributed by atoms with Crippen molar-refractivity contribution in [3.63, 3.8) is 0 Å². The summed E-state index contributed by atoms with van der Waals surface area (Å²) in [7, 11) is 0. The standard InChI is InChI=1S/C17H27N/c1-3-9-16(15-10-5-4-6-11-15)18-14-17(2)12-7-8-13-17/h4-6,10-11,16,18H,3,7-9,12-14H2,1-2H3. The number of hydrogen-bond donors (Lipinski definition) is 1. The highest BCUT2D eigenvalue weighted by atomic mass is 14.9. The van der Waals surface area contributed by atoms with Crippen LogP contribution < -0.4 is 5.32 Å². The molecule has 1 nitrogen and oxygen atoms in total. The molecular weight excluding hydrogens is 218 g/mol. The summed E-state index contributed by atoms with van der Waals surface area (Å²) in [4.78, 5) is 0. The van der Waals surface area contributed by atoms with Gasteiger partial charge in [-0.25, -0.2) is 0 Å². The van der Waals surface area contributed by atoms with Gasteiger partial charge in [-0.15, -0.1) is 0 Å². The van der Waals surface area contributed by atoms with Gasteiger partial charge in [-0.05, 0) is 30.2 Å². The van der Waals surface area contributed by atoms with Crippen LogP contribution in [0.1, 0.15) is 64.0 Å². The summed E-state index contributed by atoms with van der Waals surface area (Å²) in [5.74, 6) is 0. The molecule has 1 fully saturated rings. The summed E-state index contributed by atoms with van der Waals surface area (Å²) in [6, 6.07) is 11.4. The summed E-state index contributed by atoms with van der Waals surface area (Å²) in [5, 5.41) is 3.82. The Labute approximate surface area is 112 Å². The molecule has 1 aromatic rings. The van der Waals surface area contributed by atoms with Crippen LogP contribution in [-0.4, -0.2) is 6.54 Å². The molecule has 0 saturated heterocycles. The van der Waals surface area contributed by atoms with Crippen LogP contribution >= 0.6 is 0 Å². The van der Waals surface area contributed by atoms with Gasteiger partial charge in [0, 0.05) is 12.6 Å². The molecule has 1 saturated carbocycles. The Kier molecular flexibility index (Phi) is 4.82. The van der Waals surface area contributed by atoms with Gasteiger partial charge in [-0.1, -0.05) is 63.4 Å². The third-order valence-electron chi connectivity index (χ3n) is 4.37. The summed E-state index contributed by atoms with van der Waals surface area (Å²) < 4.78 is 0. The fourth-order valence-corrected chi connectivity index (χ4v) is 3.14. The van der Waals surface area contributed by atoms with Crippen LogP contribution in [0.25, 0.3) is 0 Å². The Morgan fingerprint density at radius 2 is 1.83 bits per heavy atom. The van der Waals surface area contributed by atoms with E-state index in [0.29, 0.717) is 11.5 Å². The molecule has 1 heteroatoms. The second-order valence-corrected chi connectivity index (χ2v) is 6.15. The maximum Gasteiger partial charge on any atom is 0.0320 e. The number of hydrogen-bond acceptors (Lipinski definition) is 1. The van der Waals surface area contributed by atoms with E-state index >= 15 is 0 Å². The molecule has 18 heavy (non-hydrogen) atoms. The van der Waals surface area contributed by atoms with Crippen molar-refractivity contribution in [2.45, 2.75) is 58.4 Å². The summed E-state index contributed by atoms with van der Waals surface area (Å²) in [6.07, 6.45) is 8.11. The van der Waals surface area contributed by atoms with Crippen molar-refractivity contribution in [1.82, 2.24) is 5.32 Å². The predicted molar refractivity (Wildman–Crippen MR) is 78.7 cm³/mol. The van der Waals surface area contributed by atoms with Gasteiger partial charge >= 0.3 is 0 Å². The highest BCUT2D eigenvalue weighted by molar-refractivity contribution is 5.18. The molecule has 0 aromatic heterocycles. The molecule has 1 unspecified atom stereocenters. The Morgan fingerprint density at radius 3 is 2.44 bits per heavy atom. The smallest absolute Gasteiger partial charge is 0.0320 e.